The average Bonchev–Trinajstić information content (AvgIpc) is 2.89. The zero-order valence-corrected chi connectivity index (χ0v) is 9.87. The van der Waals surface area contributed by atoms with Crippen LogP contribution < -0.4 is 5.32 Å². The fourth-order valence-corrected chi connectivity index (χ4v) is 2.01. The van der Waals surface area contributed by atoms with Gasteiger partial charge >= 0.3 is 0 Å². The lowest BCUT2D eigenvalue weighted by Gasteiger charge is -2.08. The van der Waals surface area contributed by atoms with Crippen LogP contribution in [-0.2, 0) is 0 Å². The van der Waals surface area contributed by atoms with E-state index in [9.17, 15) is 0 Å². The van der Waals surface area contributed by atoms with Gasteiger partial charge in [0.05, 0.1) is 11.0 Å². The van der Waals surface area contributed by atoms with Crippen LogP contribution >= 0.6 is 0 Å². The summed E-state index contributed by atoms with van der Waals surface area (Å²) in [5, 5.41) is 12.0. The third-order valence-electron chi connectivity index (χ3n) is 2.85. The van der Waals surface area contributed by atoms with Gasteiger partial charge in [-0.05, 0) is 18.6 Å². The summed E-state index contributed by atoms with van der Waals surface area (Å²) in [5.74, 6) is 0.757. The van der Waals surface area contributed by atoms with E-state index in [2.05, 4.69) is 15.3 Å². The van der Waals surface area contributed by atoms with Crippen molar-refractivity contribution >= 4 is 22.5 Å². The Balaban J connectivity index is 2.13. The van der Waals surface area contributed by atoms with E-state index in [1.54, 1.807) is 6.20 Å². The van der Waals surface area contributed by atoms with Crippen LogP contribution in [0.3, 0.4) is 0 Å². The first-order valence-electron chi connectivity index (χ1n) is 5.96. The maximum atomic E-state index is 8.81. The zero-order valence-electron chi connectivity index (χ0n) is 9.87. The summed E-state index contributed by atoms with van der Waals surface area (Å²) < 4.78 is 2.02. The molecule has 0 aliphatic rings. The lowest BCUT2D eigenvalue weighted by molar-refractivity contribution is 0.292. The molecule has 3 aromatic rings. The second-order valence-corrected chi connectivity index (χ2v) is 4.07. The molecule has 0 saturated heterocycles. The number of hydrogen-bond acceptors (Lipinski definition) is 4. The standard InChI is InChI=1S/C13H14N4O/c18-9-3-6-14-12-13-15-7-8-17(13)11-5-2-1-4-10(11)16-12/h1-2,4-5,7-8,18H,3,6,9H2,(H,14,16). The SMILES string of the molecule is OCCCNc1nc2ccccc2n2ccnc12. The van der Waals surface area contributed by atoms with Crippen molar-refractivity contribution in [2.45, 2.75) is 6.42 Å². The number of nitrogens with zero attached hydrogens (tertiary/aromatic N) is 3. The van der Waals surface area contributed by atoms with Gasteiger partial charge in [-0.3, -0.25) is 4.40 Å². The molecule has 0 aliphatic heterocycles. The number of imidazole rings is 1. The molecule has 0 spiro atoms. The fourth-order valence-electron chi connectivity index (χ4n) is 2.01. The van der Waals surface area contributed by atoms with Crippen LogP contribution in [0, 0.1) is 0 Å². The number of aliphatic hydroxyl groups is 1. The molecule has 0 bridgehead atoms. The molecule has 0 unspecified atom stereocenters. The second kappa shape index (κ2) is 4.62. The third-order valence-corrected chi connectivity index (χ3v) is 2.85. The summed E-state index contributed by atoms with van der Waals surface area (Å²) >= 11 is 0. The Bertz CT molecular complexity index is 677. The Morgan fingerprint density at radius 1 is 1.28 bits per heavy atom. The lowest BCUT2D eigenvalue weighted by atomic mass is 10.3. The minimum atomic E-state index is 0.172. The van der Waals surface area contributed by atoms with Gasteiger partial charge in [0, 0.05) is 25.5 Å². The molecule has 2 aromatic heterocycles. The Kier molecular flexibility index (Phi) is 2.82. The number of aliphatic hydroxyl groups excluding tert-OH is 1. The van der Waals surface area contributed by atoms with E-state index in [0.29, 0.717) is 13.0 Å². The first-order chi connectivity index (χ1) is 8.90. The van der Waals surface area contributed by atoms with Crippen LogP contribution in [-0.4, -0.2) is 32.6 Å². The van der Waals surface area contributed by atoms with E-state index in [-0.39, 0.29) is 6.61 Å². The summed E-state index contributed by atoms with van der Waals surface area (Å²) in [5.41, 5.74) is 2.78. The Hall–Kier alpha value is -2.14. The molecule has 1 aromatic carbocycles. The van der Waals surface area contributed by atoms with Crippen LogP contribution in [0.25, 0.3) is 16.7 Å². The largest absolute Gasteiger partial charge is 0.396 e. The number of aromatic nitrogens is 3. The minimum absolute atomic E-state index is 0.172. The molecule has 0 atom stereocenters. The van der Waals surface area contributed by atoms with Crippen LogP contribution in [0.4, 0.5) is 5.82 Å². The number of nitrogens with one attached hydrogen (secondary N) is 1. The molecule has 5 nitrogen and oxygen atoms in total. The number of fused-ring (bicyclic) bond motifs is 3. The monoisotopic (exact) mass is 242 g/mol. The summed E-state index contributed by atoms with van der Waals surface area (Å²) in [6.45, 7) is 0.857. The Labute approximate surface area is 104 Å². The van der Waals surface area contributed by atoms with E-state index in [4.69, 9.17) is 5.11 Å². The quantitative estimate of drug-likeness (QED) is 0.683. The third kappa shape index (κ3) is 1.78. The molecule has 5 heteroatoms. The molecule has 0 amide bonds. The number of rotatable bonds is 4. The highest BCUT2D eigenvalue weighted by Gasteiger charge is 2.07. The molecule has 92 valence electrons. The van der Waals surface area contributed by atoms with Crippen molar-refractivity contribution < 1.29 is 5.11 Å². The number of para-hydroxylation sites is 2. The highest BCUT2D eigenvalue weighted by molar-refractivity contribution is 5.82. The van der Waals surface area contributed by atoms with Crippen molar-refractivity contribution in [2.24, 2.45) is 0 Å². The van der Waals surface area contributed by atoms with Gasteiger partial charge in [-0.2, -0.15) is 0 Å². The molecule has 0 radical (unpaired) electrons. The van der Waals surface area contributed by atoms with Crippen molar-refractivity contribution in [3.05, 3.63) is 36.7 Å². The molecule has 0 aliphatic carbocycles. The summed E-state index contributed by atoms with van der Waals surface area (Å²) in [6, 6.07) is 7.96. The van der Waals surface area contributed by atoms with Crippen molar-refractivity contribution in [2.75, 3.05) is 18.5 Å². The van der Waals surface area contributed by atoms with E-state index in [1.807, 2.05) is 34.9 Å². The van der Waals surface area contributed by atoms with Crippen molar-refractivity contribution in [1.82, 2.24) is 14.4 Å². The van der Waals surface area contributed by atoms with Gasteiger partial charge in [0.1, 0.15) is 0 Å². The first kappa shape index (κ1) is 11.0. The van der Waals surface area contributed by atoms with Crippen LogP contribution in [0.1, 0.15) is 6.42 Å². The van der Waals surface area contributed by atoms with Crippen molar-refractivity contribution in [1.29, 1.82) is 0 Å². The fraction of sp³-hybridized carbons (Fsp3) is 0.231. The normalized spacial score (nSPS) is 11.2. The summed E-state index contributed by atoms with van der Waals surface area (Å²) in [7, 11) is 0. The van der Waals surface area contributed by atoms with Gasteiger partial charge in [-0.25, -0.2) is 9.97 Å². The van der Waals surface area contributed by atoms with Crippen LogP contribution in [0.15, 0.2) is 36.7 Å². The maximum Gasteiger partial charge on any atom is 0.180 e. The van der Waals surface area contributed by atoms with Gasteiger partial charge in [0.2, 0.25) is 0 Å². The molecule has 3 rings (SSSR count). The Morgan fingerprint density at radius 3 is 3.06 bits per heavy atom. The molecule has 2 N–H and O–H groups in total. The predicted molar refractivity (Wildman–Crippen MR) is 70.7 cm³/mol. The minimum Gasteiger partial charge on any atom is -0.396 e. The topological polar surface area (TPSA) is 62.5 Å². The molecular weight excluding hydrogens is 228 g/mol. The van der Waals surface area contributed by atoms with E-state index >= 15 is 0 Å². The van der Waals surface area contributed by atoms with Gasteiger partial charge in [-0.1, -0.05) is 12.1 Å². The van der Waals surface area contributed by atoms with E-state index in [0.717, 1.165) is 22.5 Å². The zero-order chi connectivity index (χ0) is 12.4. The van der Waals surface area contributed by atoms with Crippen molar-refractivity contribution in [3.8, 4) is 0 Å². The number of hydrogen-bond donors (Lipinski definition) is 2. The van der Waals surface area contributed by atoms with Crippen LogP contribution in [0.2, 0.25) is 0 Å². The number of benzene rings is 1. The van der Waals surface area contributed by atoms with Gasteiger partial charge in [0.15, 0.2) is 11.5 Å². The lowest BCUT2D eigenvalue weighted by Crippen LogP contribution is -2.07. The molecular formula is C13H14N4O. The first-order valence-corrected chi connectivity index (χ1v) is 5.96. The highest BCUT2D eigenvalue weighted by Crippen LogP contribution is 2.20. The highest BCUT2D eigenvalue weighted by atomic mass is 16.3. The maximum absolute atomic E-state index is 8.81. The molecule has 18 heavy (non-hydrogen) atoms. The molecule has 0 fully saturated rings. The second-order valence-electron chi connectivity index (χ2n) is 4.07. The number of anilines is 1. The predicted octanol–water partition coefficient (Wildman–Crippen LogP) is 1.68. The molecule has 0 saturated carbocycles. The van der Waals surface area contributed by atoms with Gasteiger partial charge in [0.25, 0.3) is 0 Å². The van der Waals surface area contributed by atoms with Crippen LogP contribution in [0.5, 0.6) is 0 Å². The molecule has 2 heterocycles. The van der Waals surface area contributed by atoms with Gasteiger partial charge < -0.3 is 10.4 Å². The summed E-state index contributed by atoms with van der Waals surface area (Å²) in [4.78, 5) is 8.89. The van der Waals surface area contributed by atoms with Crippen molar-refractivity contribution in [3.63, 3.8) is 0 Å². The summed E-state index contributed by atoms with van der Waals surface area (Å²) in [6.07, 6.45) is 4.39. The van der Waals surface area contributed by atoms with E-state index in [1.165, 1.54) is 0 Å². The van der Waals surface area contributed by atoms with E-state index < -0.39 is 0 Å². The Morgan fingerprint density at radius 2 is 2.17 bits per heavy atom. The van der Waals surface area contributed by atoms with Gasteiger partial charge in [-0.15, -0.1) is 0 Å². The average molecular weight is 242 g/mol. The smallest absolute Gasteiger partial charge is 0.180 e.